The van der Waals surface area contributed by atoms with Gasteiger partial charge in [-0.2, -0.15) is 12.7 Å². The van der Waals surface area contributed by atoms with Crippen LogP contribution in [0.3, 0.4) is 0 Å². The second-order valence-electron chi connectivity index (χ2n) is 4.54. The van der Waals surface area contributed by atoms with Gasteiger partial charge in [-0.05, 0) is 25.0 Å². The minimum absolute atomic E-state index is 0.0888. The number of benzene rings is 1. The molecule has 1 aromatic carbocycles. The summed E-state index contributed by atoms with van der Waals surface area (Å²) in [5.41, 5.74) is 4.85. The molecule has 6 nitrogen and oxygen atoms in total. The van der Waals surface area contributed by atoms with E-state index in [0.29, 0.717) is 0 Å². The Morgan fingerprint density at radius 3 is 2.65 bits per heavy atom. The number of rotatable bonds is 4. The zero-order valence-corrected chi connectivity index (χ0v) is 12.1. The van der Waals surface area contributed by atoms with Gasteiger partial charge in [-0.15, -0.1) is 0 Å². The smallest absolute Gasteiger partial charge is 0.304 e. The molecule has 0 bridgehead atoms. The molecule has 0 spiro atoms. The fraction of sp³-hybridized carbons (Fsp3) is 0.364. The Balaban J connectivity index is 2.22. The number of hydrogen-bond acceptors (Lipinski definition) is 4. The SMILES string of the molecule is CN(C1CC1)S(=O)(=O)NC(=O)c1cc(N)c(F)cc1Cl. The number of hydrogen-bond donors (Lipinski definition) is 2. The van der Waals surface area contributed by atoms with Crippen LogP contribution >= 0.6 is 11.6 Å². The second-order valence-corrected chi connectivity index (χ2v) is 6.67. The van der Waals surface area contributed by atoms with Gasteiger partial charge in [0.05, 0.1) is 16.3 Å². The Labute approximate surface area is 120 Å². The van der Waals surface area contributed by atoms with Crippen LogP contribution in [0.2, 0.25) is 5.02 Å². The molecule has 1 amide bonds. The van der Waals surface area contributed by atoms with Gasteiger partial charge in [-0.25, -0.2) is 9.11 Å². The summed E-state index contributed by atoms with van der Waals surface area (Å²) in [6.45, 7) is 0. The molecule has 0 saturated heterocycles. The molecular formula is C11H13ClFN3O3S. The number of carbonyl (C=O) groups is 1. The summed E-state index contributed by atoms with van der Waals surface area (Å²) in [5, 5.41) is -0.210. The first-order chi connectivity index (χ1) is 9.22. The summed E-state index contributed by atoms with van der Waals surface area (Å²) in [7, 11) is -2.56. The van der Waals surface area contributed by atoms with Gasteiger partial charge in [0.15, 0.2) is 0 Å². The third-order valence-electron chi connectivity index (χ3n) is 2.99. The third kappa shape index (κ3) is 3.02. The van der Waals surface area contributed by atoms with Gasteiger partial charge in [-0.1, -0.05) is 11.6 Å². The van der Waals surface area contributed by atoms with Crippen LogP contribution in [0.4, 0.5) is 10.1 Å². The number of halogens is 2. The van der Waals surface area contributed by atoms with Gasteiger partial charge < -0.3 is 5.73 Å². The molecule has 1 aliphatic rings. The van der Waals surface area contributed by atoms with Gasteiger partial charge in [-0.3, -0.25) is 4.79 Å². The molecule has 20 heavy (non-hydrogen) atoms. The third-order valence-corrected chi connectivity index (χ3v) is 4.81. The van der Waals surface area contributed by atoms with Gasteiger partial charge in [0, 0.05) is 13.1 Å². The lowest BCUT2D eigenvalue weighted by atomic mass is 10.2. The quantitative estimate of drug-likeness (QED) is 0.813. The Morgan fingerprint density at radius 2 is 2.10 bits per heavy atom. The van der Waals surface area contributed by atoms with Crippen molar-refractivity contribution in [3.63, 3.8) is 0 Å². The highest BCUT2D eigenvalue weighted by Crippen LogP contribution is 2.27. The molecule has 110 valence electrons. The summed E-state index contributed by atoms with van der Waals surface area (Å²) >= 11 is 5.71. The normalized spacial score (nSPS) is 15.4. The number of nitrogens with two attached hydrogens (primary N) is 1. The van der Waals surface area contributed by atoms with Crippen LogP contribution in [0, 0.1) is 5.82 Å². The predicted molar refractivity (Wildman–Crippen MR) is 73.0 cm³/mol. The van der Waals surface area contributed by atoms with Gasteiger partial charge in [0.25, 0.3) is 5.91 Å². The first-order valence-corrected chi connectivity index (χ1v) is 7.59. The predicted octanol–water partition coefficient (Wildman–Crippen LogP) is 1.13. The van der Waals surface area contributed by atoms with Crippen molar-refractivity contribution < 1.29 is 17.6 Å². The number of carbonyl (C=O) groups excluding carboxylic acids is 1. The largest absolute Gasteiger partial charge is 0.396 e. The van der Waals surface area contributed by atoms with Crippen LogP contribution in [-0.4, -0.2) is 31.7 Å². The van der Waals surface area contributed by atoms with Crippen LogP contribution in [0.25, 0.3) is 0 Å². The highest BCUT2D eigenvalue weighted by atomic mass is 35.5. The molecule has 0 radical (unpaired) electrons. The Bertz CT molecular complexity index is 661. The lowest BCUT2D eigenvalue weighted by Gasteiger charge is -2.17. The second kappa shape index (κ2) is 5.19. The summed E-state index contributed by atoms with van der Waals surface area (Å²) < 4.78 is 39.9. The van der Waals surface area contributed by atoms with Crippen LogP contribution in [0.1, 0.15) is 23.2 Å². The van der Waals surface area contributed by atoms with Gasteiger partial charge in [0.1, 0.15) is 5.82 Å². The van der Waals surface area contributed by atoms with Crippen molar-refractivity contribution in [1.29, 1.82) is 0 Å². The number of nitrogens with zero attached hydrogens (tertiary/aromatic N) is 1. The van der Waals surface area contributed by atoms with Crippen molar-refractivity contribution in [3.05, 3.63) is 28.5 Å². The van der Waals surface area contributed by atoms with Crippen molar-refractivity contribution >= 4 is 33.4 Å². The molecule has 0 atom stereocenters. The summed E-state index contributed by atoms with van der Waals surface area (Å²) in [5.74, 6) is -1.72. The average molecular weight is 322 g/mol. The highest BCUT2D eigenvalue weighted by Gasteiger charge is 2.35. The van der Waals surface area contributed by atoms with E-state index in [1.165, 1.54) is 7.05 Å². The molecule has 1 fully saturated rings. The van der Waals surface area contributed by atoms with E-state index in [0.717, 1.165) is 29.3 Å². The maximum absolute atomic E-state index is 13.1. The summed E-state index contributed by atoms with van der Waals surface area (Å²) in [6.07, 6.45) is 1.52. The fourth-order valence-corrected chi connectivity index (χ4v) is 2.95. The van der Waals surface area contributed by atoms with Crippen LogP contribution in [-0.2, 0) is 10.2 Å². The highest BCUT2D eigenvalue weighted by molar-refractivity contribution is 7.87. The van der Waals surface area contributed by atoms with Crippen LogP contribution in [0.5, 0.6) is 0 Å². The van der Waals surface area contributed by atoms with Crippen LogP contribution in [0.15, 0.2) is 12.1 Å². The first kappa shape index (κ1) is 15.0. The van der Waals surface area contributed by atoms with E-state index < -0.39 is 21.9 Å². The van der Waals surface area contributed by atoms with Gasteiger partial charge in [0.2, 0.25) is 0 Å². The van der Waals surface area contributed by atoms with E-state index >= 15 is 0 Å². The molecule has 3 N–H and O–H groups in total. The van der Waals surface area contributed by atoms with Crippen molar-refractivity contribution in [1.82, 2.24) is 9.03 Å². The summed E-state index contributed by atoms with van der Waals surface area (Å²) in [4.78, 5) is 11.9. The summed E-state index contributed by atoms with van der Waals surface area (Å²) in [6, 6.07) is 1.77. The molecule has 0 aromatic heterocycles. The number of amides is 1. The molecule has 1 aliphatic carbocycles. The minimum Gasteiger partial charge on any atom is -0.396 e. The molecule has 9 heteroatoms. The van der Waals surface area contributed by atoms with E-state index in [1.807, 2.05) is 4.72 Å². The number of nitrogens with one attached hydrogen (secondary N) is 1. The van der Waals surface area contributed by atoms with E-state index in [4.69, 9.17) is 17.3 Å². The zero-order valence-electron chi connectivity index (χ0n) is 10.6. The monoisotopic (exact) mass is 321 g/mol. The van der Waals surface area contributed by atoms with E-state index in [-0.39, 0.29) is 22.3 Å². The Morgan fingerprint density at radius 1 is 1.50 bits per heavy atom. The van der Waals surface area contributed by atoms with E-state index in [9.17, 15) is 17.6 Å². The minimum atomic E-state index is -3.94. The van der Waals surface area contributed by atoms with Crippen LogP contribution < -0.4 is 10.5 Å². The molecule has 2 rings (SSSR count). The topological polar surface area (TPSA) is 92.5 Å². The first-order valence-electron chi connectivity index (χ1n) is 5.77. The maximum Gasteiger partial charge on any atom is 0.304 e. The standard InChI is InChI=1S/C11H13ClFN3O3S/c1-16(6-2-3-6)20(18,19)15-11(17)7-4-10(14)9(13)5-8(7)12/h4-6H,2-3,14H2,1H3,(H,15,17). The average Bonchev–Trinajstić information content (AvgIpc) is 3.16. The van der Waals surface area contributed by atoms with Crippen molar-refractivity contribution in [2.45, 2.75) is 18.9 Å². The molecule has 0 heterocycles. The Kier molecular flexibility index (Phi) is 3.90. The molecule has 0 aliphatic heterocycles. The van der Waals surface area contributed by atoms with E-state index in [2.05, 4.69) is 0 Å². The maximum atomic E-state index is 13.1. The van der Waals surface area contributed by atoms with Crippen molar-refractivity contribution in [2.75, 3.05) is 12.8 Å². The van der Waals surface area contributed by atoms with Crippen molar-refractivity contribution in [2.24, 2.45) is 0 Å². The number of anilines is 1. The molecule has 1 saturated carbocycles. The van der Waals surface area contributed by atoms with Gasteiger partial charge >= 0.3 is 10.2 Å². The number of nitrogen functional groups attached to an aromatic ring is 1. The lowest BCUT2D eigenvalue weighted by molar-refractivity contribution is 0.0979. The molecular weight excluding hydrogens is 309 g/mol. The van der Waals surface area contributed by atoms with E-state index in [1.54, 1.807) is 0 Å². The zero-order chi connectivity index (χ0) is 15.1. The fourth-order valence-electron chi connectivity index (χ4n) is 1.62. The van der Waals surface area contributed by atoms with Crippen molar-refractivity contribution in [3.8, 4) is 0 Å². The molecule has 0 unspecified atom stereocenters. The molecule has 1 aromatic rings. The Hall–Kier alpha value is -1.38. The lowest BCUT2D eigenvalue weighted by Crippen LogP contribution is -2.42.